The summed E-state index contributed by atoms with van der Waals surface area (Å²) in [5.74, 6) is -0.376. The molecule has 0 saturated heterocycles. The maximum atomic E-state index is 12.7. The third-order valence-corrected chi connectivity index (χ3v) is 3.78. The second kappa shape index (κ2) is 5.32. The van der Waals surface area contributed by atoms with Crippen molar-refractivity contribution in [2.45, 2.75) is 11.8 Å². The molecule has 0 radical (unpaired) electrons. The van der Waals surface area contributed by atoms with Crippen molar-refractivity contribution in [2.75, 3.05) is 0 Å². The van der Waals surface area contributed by atoms with Crippen LogP contribution in [0.1, 0.15) is 11.1 Å². The van der Waals surface area contributed by atoms with Crippen LogP contribution < -0.4 is 0 Å². The quantitative estimate of drug-likeness (QED) is 0.810. The molecular formula is C14H12FNO2S. The predicted octanol–water partition coefficient (Wildman–Crippen LogP) is 2.94. The van der Waals surface area contributed by atoms with Gasteiger partial charge in [-0.3, -0.25) is 0 Å². The molecule has 2 aromatic carbocycles. The molecule has 0 unspecified atom stereocenters. The maximum absolute atomic E-state index is 12.7. The largest absolute Gasteiger partial charge is 0.282 e. The normalized spacial score (nSPS) is 11.9. The molecule has 0 fully saturated rings. The van der Waals surface area contributed by atoms with Gasteiger partial charge in [-0.2, -0.15) is 12.8 Å². The average molecular weight is 277 g/mol. The zero-order valence-corrected chi connectivity index (χ0v) is 11.1. The number of sulfonamides is 1. The highest BCUT2D eigenvalue weighted by Crippen LogP contribution is 2.13. The van der Waals surface area contributed by atoms with Crippen molar-refractivity contribution in [2.24, 2.45) is 4.40 Å². The number of aryl methyl sites for hydroxylation is 1. The molecule has 0 saturated carbocycles. The summed E-state index contributed by atoms with van der Waals surface area (Å²) in [5.41, 5.74) is 1.50. The molecule has 0 N–H and O–H groups in total. The van der Waals surface area contributed by atoms with Crippen molar-refractivity contribution in [1.29, 1.82) is 0 Å². The van der Waals surface area contributed by atoms with Gasteiger partial charge in [-0.15, -0.1) is 0 Å². The third-order valence-electron chi connectivity index (χ3n) is 2.53. The van der Waals surface area contributed by atoms with Crippen LogP contribution in [0.3, 0.4) is 0 Å². The summed E-state index contributed by atoms with van der Waals surface area (Å²) in [6, 6.07) is 11.9. The smallest absolute Gasteiger partial charge is 0.207 e. The Bertz CT molecular complexity index is 689. The Hall–Kier alpha value is -2.01. The molecule has 3 nitrogen and oxygen atoms in total. The van der Waals surface area contributed by atoms with E-state index in [0.29, 0.717) is 5.56 Å². The summed E-state index contributed by atoms with van der Waals surface area (Å²) in [5, 5.41) is 0. The van der Waals surface area contributed by atoms with E-state index in [1.807, 2.05) is 6.92 Å². The summed E-state index contributed by atoms with van der Waals surface area (Å²) in [6.45, 7) is 1.87. The zero-order chi connectivity index (χ0) is 13.9. The number of rotatable bonds is 3. The first-order valence-electron chi connectivity index (χ1n) is 5.60. The molecule has 0 spiro atoms. The zero-order valence-electron chi connectivity index (χ0n) is 10.2. The van der Waals surface area contributed by atoms with Gasteiger partial charge in [0, 0.05) is 6.21 Å². The maximum Gasteiger partial charge on any atom is 0.282 e. The SMILES string of the molecule is Cc1ccc(S(=O)(=O)N=Cc2ccc(F)cc2)cc1. The molecule has 0 aliphatic carbocycles. The van der Waals surface area contributed by atoms with Crippen LogP contribution in [0.5, 0.6) is 0 Å². The second-order valence-corrected chi connectivity index (χ2v) is 5.71. The van der Waals surface area contributed by atoms with Gasteiger partial charge in [-0.05, 0) is 36.8 Å². The first-order chi connectivity index (χ1) is 8.97. The van der Waals surface area contributed by atoms with Crippen molar-refractivity contribution >= 4 is 16.2 Å². The van der Waals surface area contributed by atoms with Crippen molar-refractivity contribution in [3.8, 4) is 0 Å². The van der Waals surface area contributed by atoms with Crippen molar-refractivity contribution in [1.82, 2.24) is 0 Å². The first-order valence-corrected chi connectivity index (χ1v) is 7.04. The van der Waals surface area contributed by atoms with Gasteiger partial charge in [0.05, 0.1) is 4.90 Å². The lowest BCUT2D eigenvalue weighted by molar-refractivity contribution is 0.598. The summed E-state index contributed by atoms with van der Waals surface area (Å²) in [4.78, 5) is 0.136. The summed E-state index contributed by atoms with van der Waals surface area (Å²) in [6.07, 6.45) is 1.20. The predicted molar refractivity (Wildman–Crippen MR) is 72.4 cm³/mol. The molecule has 0 bridgehead atoms. The fourth-order valence-corrected chi connectivity index (χ4v) is 2.31. The number of hydrogen-bond donors (Lipinski definition) is 0. The fraction of sp³-hybridized carbons (Fsp3) is 0.0714. The number of hydrogen-bond acceptors (Lipinski definition) is 2. The van der Waals surface area contributed by atoms with Gasteiger partial charge in [0.15, 0.2) is 0 Å². The van der Waals surface area contributed by atoms with Crippen molar-refractivity contribution in [3.63, 3.8) is 0 Å². The van der Waals surface area contributed by atoms with Crippen LogP contribution in [-0.2, 0) is 10.0 Å². The van der Waals surface area contributed by atoms with Gasteiger partial charge in [0.1, 0.15) is 5.82 Å². The number of nitrogens with zero attached hydrogens (tertiary/aromatic N) is 1. The van der Waals surface area contributed by atoms with Crippen LogP contribution in [0.4, 0.5) is 4.39 Å². The molecule has 0 heterocycles. The standard InChI is InChI=1S/C14H12FNO2S/c1-11-2-8-14(9-3-11)19(17,18)16-10-12-4-6-13(15)7-5-12/h2-10H,1H3. The van der Waals surface area contributed by atoms with Gasteiger partial charge < -0.3 is 0 Å². The van der Waals surface area contributed by atoms with E-state index in [1.54, 1.807) is 12.1 Å². The van der Waals surface area contributed by atoms with E-state index in [4.69, 9.17) is 0 Å². The lowest BCUT2D eigenvalue weighted by Gasteiger charge is -1.99. The third kappa shape index (κ3) is 3.48. The van der Waals surface area contributed by atoms with E-state index in [1.165, 1.54) is 42.6 Å². The molecule has 0 aromatic heterocycles. The minimum Gasteiger partial charge on any atom is -0.207 e. The lowest BCUT2D eigenvalue weighted by Crippen LogP contribution is -1.97. The van der Waals surface area contributed by atoms with E-state index in [9.17, 15) is 12.8 Å². The minimum absolute atomic E-state index is 0.136. The number of halogens is 1. The molecule has 2 rings (SSSR count). The van der Waals surface area contributed by atoms with E-state index in [-0.39, 0.29) is 10.7 Å². The number of benzene rings is 2. The van der Waals surface area contributed by atoms with Crippen LogP contribution >= 0.6 is 0 Å². The Morgan fingerprint density at radius 1 is 1.00 bits per heavy atom. The fourth-order valence-electron chi connectivity index (χ4n) is 1.45. The Morgan fingerprint density at radius 3 is 2.16 bits per heavy atom. The van der Waals surface area contributed by atoms with Crippen molar-refractivity contribution in [3.05, 3.63) is 65.5 Å². The van der Waals surface area contributed by atoms with E-state index < -0.39 is 10.0 Å². The second-order valence-electron chi connectivity index (χ2n) is 4.07. The molecular weight excluding hydrogens is 265 g/mol. The van der Waals surface area contributed by atoms with Crippen molar-refractivity contribution < 1.29 is 12.8 Å². The highest BCUT2D eigenvalue weighted by molar-refractivity contribution is 7.90. The van der Waals surface area contributed by atoms with Gasteiger partial charge in [0.25, 0.3) is 10.0 Å². The summed E-state index contributed by atoms with van der Waals surface area (Å²) >= 11 is 0. The molecule has 98 valence electrons. The Morgan fingerprint density at radius 2 is 1.58 bits per heavy atom. The molecule has 19 heavy (non-hydrogen) atoms. The van der Waals surface area contributed by atoms with Crippen LogP contribution in [0.25, 0.3) is 0 Å². The molecule has 5 heteroatoms. The monoisotopic (exact) mass is 277 g/mol. The minimum atomic E-state index is -3.71. The Labute approximate surface area is 111 Å². The van der Waals surface area contributed by atoms with Gasteiger partial charge in [-0.1, -0.05) is 29.8 Å². The van der Waals surface area contributed by atoms with Gasteiger partial charge in [0.2, 0.25) is 0 Å². The van der Waals surface area contributed by atoms with Gasteiger partial charge in [-0.25, -0.2) is 4.39 Å². The average Bonchev–Trinajstić information content (AvgIpc) is 2.39. The highest BCUT2D eigenvalue weighted by Gasteiger charge is 2.10. The Kier molecular flexibility index (Phi) is 3.76. The molecule has 0 aliphatic rings. The van der Waals surface area contributed by atoms with E-state index >= 15 is 0 Å². The van der Waals surface area contributed by atoms with Crippen LogP contribution in [0.15, 0.2) is 57.8 Å². The summed E-state index contributed by atoms with van der Waals surface area (Å²) in [7, 11) is -3.71. The summed E-state index contributed by atoms with van der Waals surface area (Å²) < 4.78 is 40.1. The highest BCUT2D eigenvalue weighted by atomic mass is 32.2. The molecule has 0 aliphatic heterocycles. The lowest BCUT2D eigenvalue weighted by atomic mass is 10.2. The van der Waals surface area contributed by atoms with Crippen LogP contribution in [0.2, 0.25) is 0 Å². The Balaban J connectivity index is 2.26. The molecule has 2 aromatic rings. The van der Waals surface area contributed by atoms with E-state index in [0.717, 1.165) is 5.56 Å². The van der Waals surface area contributed by atoms with E-state index in [2.05, 4.69) is 4.40 Å². The molecule has 0 amide bonds. The topological polar surface area (TPSA) is 46.5 Å². The first kappa shape index (κ1) is 13.4. The van der Waals surface area contributed by atoms with Crippen LogP contribution in [-0.4, -0.2) is 14.6 Å². The molecule has 0 atom stereocenters. The van der Waals surface area contributed by atoms with Crippen LogP contribution in [0, 0.1) is 12.7 Å². The van der Waals surface area contributed by atoms with Gasteiger partial charge >= 0.3 is 0 Å².